The second-order valence-electron chi connectivity index (χ2n) is 6.14. The number of hydrogen-bond donors (Lipinski definition) is 1. The molecule has 0 aliphatic heterocycles. The highest BCUT2D eigenvalue weighted by molar-refractivity contribution is 5.94. The van der Waals surface area contributed by atoms with Crippen LogP contribution in [0, 0.1) is 13.8 Å². The fourth-order valence-electron chi connectivity index (χ4n) is 2.41. The van der Waals surface area contributed by atoms with E-state index in [1.165, 1.54) is 14.2 Å². The van der Waals surface area contributed by atoms with Crippen LogP contribution in [0.4, 0.5) is 5.69 Å². The number of anilines is 1. The van der Waals surface area contributed by atoms with E-state index in [1.54, 1.807) is 18.2 Å². The van der Waals surface area contributed by atoms with Gasteiger partial charge in [-0.15, -0.1) is 0 Å². The zero-order valence-electron chi connectivity index (χ0n) is 16.5. The van der Waals surface area contributed by atoms with Crippen molar-refractivity contribution in [3.05, 3.63) is 47.5 Å². The van der Waals surface area contributed by atoms with Crippen LogP contribution < -0.4 is 19.5 Å². The van der Waals surface area contributed by atoms with Gasteiger partial charge in [0.2, 0.25) is 0 Å². The monoisotopic (exact) mass is 387 g/mol. The number of esters is 1. The lowest BCUT2D eigenvalue weighted by molar-refractivity contribution is -0.147. The van der Waals surface area contributed by atoms with Crippen LogP contribution >= 0.6 is 0 Å². The summed E-state index contributed by atoms with van der Waals surface area (Å²) in [4.78, 5) is 23.8. The van der Waals surface area contributed by atoms with Crippen LogP contribution in [0.1, 0.15) is 17.5 Å². The highest BCUT2D eigenvalue weighted by Gasteiger charge is 2.12. The first-order valence-corrected chi connectivity index (χ1v) is 8.80. The van der Waals surface area contributed by atoms with Gasteiger partial charge in [0, 0.05) is 6.07 Å². The van der Waals surface area contributed by atoms with Crippen molar-refractivity contribution in [1.29, 1.82) is 0 Å². The fraction of sp³-hybridized carbons (Fsp3) is 0.333. The van der Waals surface area contributed by atoms with Crippen LogP contribution in [0.2, 0.25) is 0 Å². The predicted molar refractivity (Wildman–Crippen MR) is 105 cm³/mol. The Morgan fingerprint density at radius 1 is 0.964 bits per heavy atom. The summed E-state index contributed by atoms with van der Waals surface area (Å²) >= 11 is 0. The summed E-state index contributed by atoms with van der Waals surface area (Å²) in [5.41, 5.74) is 2.53. The lowest BCUT2D eigenvalue weighted by Gasteiger charge is -2.12. The van der Waals surface area contributed by atoms with Crippen LogP contribution in [0.5, 0.6) is 17.2 Å². The highest BCUT2D eigenvalue weighted by atomic mass is 16.5. The van der Waals surface area contributed by atoms with Gasteiger partial charge < -0.3 is 24.3 Å². The minimum absolute atomic E-state index is 0.0481. The maximum atomic E-state index is 12.0. The summed E-state index contributed by atoms with van der Waals surface area (Å²) < 4.78 is 20.9. The molecule has 0 saturated heterocycles. The third-order valence-corrected chi connectivity index (χ3v) is 3.95. The molecular weight excluding hydrogens is 362 g/mol. The topological polar surface area (TPSA) is 83.1 Å². The summed E-state index contributed by atoms with van der Waals surface area (Å²) in [7, 11) is 3.02. The second-order valence-corrected chi connectivity index (χ2v) is 6.14. The molecule has 7 heteroatoms. The van der Waals surface area contributed by atoms with Gasteiger partial charge in [0.1, 0.15) is 17.2 Å². The van der Waals surface area contributed by atoms with Gasteiger partial charge in [0.05, 0.1) is 32.9 Å². The second kappa shape index (κ2) is 10.2. The first-order valence-electron chi connectivity index (χ1n) is 8.80. The van der Waals surface area contributed by atoms with E-state index in [0.717, 1.165) is 16.9 Å². The molecule has 2 aromatic rings. The van der Waals surface area contributed by atoms with E-state index in [4.69, 9.17) is 18.9 Å². The molecule has 0 unspecified atom stereocenters. The van der Waals surface area contributed by atoms with Gasteiger partial charge in [-0.2, -0.15) is 0 Å². The summed E-state index contributed by atoms with van der Waals surface area (Å²) in [5.74, 6) is 0.803. The molecule has 150 valence electrons. The lowest BCUT2D eigenvalue weighted by Crippen LogP contribution is -2.22. The van der Waals surface area contributed by atoms with Gasteiger partial charge in [0.15, 0.2) is 6.61 Å². The van der Waals surface area contributed by atoms with Crippen LogP contribution in [0.15, 0.2) is 36.4 Å². The van der Waals surface area contributed by atoms with E-state index in [1.807, 2.05) is 32.0 Å². The molecule has 2 rings (SSSR count). The van der Waals surface area contributed by atoms with Gasteiger partial charge in [-0.1, -0.05) is 12.1 Å². The molecule has 0 saturated carbocycles. The molecule has 0 fully saturated rings. The summed E-state index contributed by atoms with van der Waals surface area (Å²) in [6.45, 7) is 3.69. The largest absolute Gasteiger partial charge is 0.497 e. The number of rotatable bonds is 9. The SMILES string of the molecule is COc1ccc(NC(=O)COC(=O)CCOc2cc(C)ccc2C)c(OC)c1. The van der Waals surface area contributed by atoms with E-state index in [9.17, 15) is 9.59 Å². The molecular formula is C21H25NO6. The molecule has 7 nitrogen and oxygen atoms in total. The van der Waals surface area contributed by atoms with E-state index in [0.29, 0.717) is 17.2 Å². The Balaban J connectivity index is 1.76. The number of ether oxygens (including phenoxy) is 4. The van der Waals surface area contributed by atoms with Crippen molar-refractivity contribution >= 4 is 17.6 Å². The molecule has 0 radical (unpaired) electrons. The third kappa shape index (κ3) is 6.19. The molecule has 0 aliphatic carbocycles. The lowest BCUT2D eigenvalue weighted by atomic mass is 10.1. The van der Waals surface area contributed by atoms with Gasteiger partial charge in [-0.05, 0) is 43.2 Å². The van der Waals surface area contributed by atoms with Crippen LogP contribution in [0.25, 0.3) is 0 Å². The van der Waals surface area contributed by atoms with Crippen LogP contribution in [-0.2, 0) is 14.3 Å². The molecule has 0 aliphatic rings. The predicted octanol–water partition coefficient (Wildman–Crippen LogP) is 3.27. The van der Waals surface area contributed by atoms with Crippen molar-refractivity contribution < 1.29 is 28.5 Å². The van der Waals surface area contributed by atoms with Crippen molar-refractivity contribution in [3.8, 4) is 17.2 Å². The Bertz CT molecular complexity index is 834. The highest BCUT2D eigenvalue weighted by Crippen LogP contribution is 2.28. The van der Waals surface area contributed by atoms with Crippen molar-refractivity contribution in [2.75, 3.05) is 32.8 Å². The minimum Gasteiger partial charge on any atom is -0.497 e. The normalized spacial score (nSPS) is 10.1. The molecule has 2 aromatic carbocycles. The Hall–Kier alpha value is -3.22. The maximum Gasteiger partial charge on any atom is 0.309 e. The molecule has 0 atom stereocenters. The average Bonchev–Trinajstić information content (AvgIpc) is 2.69. The van der Waals surface area contributed by atoms with E-state index < -0.39 is 18.5 Å². The first-order chi connectivity index (χ1) is 13.4. The van der Waals surface area contributed by atoms with Gasteiger partial charge in [-0.25, -0.2) is 0 Å². The zero-order valence-corrected chi connectivity index (χ0v) is 16.5. The summed E-state index contributed by atoms with van der Waals surface area (Å²) in [6, 6.07) is 10.8. The number of carbonyl (C=O) groups excluding carboxylic acids is 2. The van der Waals surface area contributed by atoms with Crippen molar-refractivity contribution in [1.82, 2.24) is 0 Å². The van der Waals surface area contributed by atoms with Crippen molar-refractivity contribution in [2.24, 2.45) is 0 Å². The quantitative estimate of drug-likeness (QED) is 0.665. The summed E-state index contributed by atoms with van der Waals surface area (Å²) in [5, 5.41) is 2.64. The Morgan fingerprint density at radius 3 is 2.46 bits per heavy atom. The molecule has 0 bridgehead atoms. The number of methoxy groups -OCH3 is 2. The number of carbonyl (C=O) groups is 2. The average molecular weight is 387 g/mol. The third-order valence-electron chi connectivity index (χ3n) is 3.95. The van der Waals surface area contributed by atoms with Crippen LogP contribution in [-0.4, -0.2) is 39.3 Å². The molecule has 0 aromatic heterocycles. The number of hydrogen-bond acceptors (Lipinski definition) is 6. The van der Waals surface area contributed by atoms with Crippen molar-refractivity contribution in [3.63, 3.8) is 0 Å². The standard InChI is InChI=1S/C21H25NO6/c1-14-5-6-15(2)18(11-14)27-10-9-21(24)28-13-20(23)22-17-8-7-16(25-3)12-19(17)26-4/h5-8,11-12H,9-10,13H2,1-4H3,(H,22,23). The molecule has 28 heavy (non-hydrogen) atoms. The van der Waals surface area contributed by atoms with E-state index >= 15 is 0 Å². The van der Waals surface area contributed by atoms with Crippen LogP contribution in [0.3, 0.4) is 0 Å². The van der Waals surface area contributed by atoms with Gasteiger partial charge in [-0.3, -0.25) is 9.59 Å². The number of amides is 1. The summed E-state index contributed by atoms with van der Waals surface area (Å²) in [6.07, 6.45) is 0.0481. The van der Waals surface area contributed by atoms with E-state index in [2.05, 4.69) is 5.32 Å². The molecule has 1 amide bonds. The smallest absolute Gasteiger partial charge is 0.309 e. The number of benzene rings is 2. The Kier molecular flexibility index (Phi) is 7.68. The Labute approximate surface area is 164 Å². The van der Waals surface area contributed by atoms with Gasteiger partial charge >= 0.3 is 5.97 Å². The zero-order chi connectivity index (χ0) is 20.5. The van der Waals surface area contributed by atoms with E-state index in [-0.39, 0.29) is 13.0 Å². The minimum atomic E-state index is -0.512. The first kappa shape index (κ1) is 21.1. The molecule has 0 spiro atoms. The molecule has 0 heterocycles. The number of aryl methyl sites for hydroxylation is 2. The molecule has 1 N–H and O–H groups in total. The number of nitrogens with one attached hydrogen (secondary N) is 1. The maximum absolute atomic E-state index is 12.0. The Morgan fingerprint density at radius 2 is 1.75 bits per heavy atom. The van der Waals surface area contributed by atoms with Gasteiger partial charge in [0.25, 0.3) is 5.91 Å². The fourth-order valence-corrected chi connectivity index (χ4v) is 2.41. The van der Waals surface area contributed by atoms with Crippen molar-refractivity contribution in [2.45, 2.75) is 20.3 Å².